The van der Waals surface area contributed by atoms with Gasteiger partial charge in [0.1, 0.15) is 0 Å². The van der Waals surface area contributed by atoms with Gasteiger partial charge in [-0.25, -0.2) is 4.79 Å². The zero-order chi connectivity index (χ0) is 19.1. The molecule has 0 saturated carbocycles. The van der Waals surface area contributed by atoms with Gasteiger partial charge < -0.3 is 15.3 Å². The minimum absolute atomic E-state index is 0.275. The summed E-state index contributed by atoms with van der Waals surface area (Å²) >= 11 is 0. The van der Waals surface area contributed by atoms with Crippen LogP contribution in [0.15, 0.2) is 24.3 Å². The molecule has 2 unspecified atom stereocenters. The van der Waals surface area contributed by atoms with E-state index in [9.17, 15) is 22.8 Å². The number of nitrogens with zero attached hydrogens (tertiary/aromatic N) is 1. The molecule has 1 aromatic rings. The van der Waals surface area contributed by atoms with E-state index >= 15 is 0 Å². The van der Waals surface area contributed by atoms with Gasteiger partial charge >= 0.3 is 18.2 Å². The first-order valence-electron chi connectivity index (χ1n) is 8.62. The highest BCUT2D eigenvalue weighted by Crippen LogP contribution is 2.39. The van der Waals surface area contributed by atoms with Crippen LogP contribution in [-0.2, 0) is 4.79 Å². The molecule has 4 atom stereocenters. The number of hydrogen-bond acceptors (Lipinski definition) is 2. The molecule has 142 valence electrons. The number of hydrogen-bond donors (Lipinski definition) is 2. The van der Waals surface area contributed by atoms with Crippen LogP contribution < -0.4 is 5.32 Å². The fourth-order valence-corrected chi connectivity index (χ4v) is 3.95. The van der Waals surface area contributed by atoms with Crippen molar-refractivity contribution in [3.63, 3.8) is 0 Å². The van der Waals surface area contributed by atoms with E-state index in [2.05, 4.69) is 12.2 Å². The maximum Gasteiger partial charge on any atom is 0.394 e. The van der Waals surface area contributed by atoms with Crippen molar-refractivity contribution in [2.75, 3.05) is 13.1 Å². The number of rotatable bonds is 2. The second-order valence-electron chi connectivity index (χ2n) is 7.11. The smallest absolute Gasteiger partial charge is 0.394 e. The van der Waals surface area contributed by atoms with Crippen LogP contribution in [0.4, 0.5) is 18.0 Å². The van der Waals surface area contributed by atoms with E-state index in [1.54, 1.807) is 0 Å². The van der Waals surface area contributed by atoms with E-state index < -0.39 is 43.1 Å². The highest BCUT2D eigenvalue weighted by molar-refractivity contribution is 5.78. The number of carboxylic acid groups (broad SMARTS) is 1. The van der Waals surface area contributed by atoms with Gasteiger partial charge in [0, 0.05) is 13.1 Å². The third-order valence-electron chi connectivity index (χ3n) is 5.43. The Morgan fingerprint density at radius 1 is 1.15 bits per heavy atom. The third-order valence-corrected chi connectivity index (χ3v) is 5.43. The van der Waals surface area contributed by atoms with E-state index in [0.717, 1.165) is 22.4 Å². The van der Waals surface area contributed by atoms with Crippen LogP contribution in [-0.4, -0.2) is 41.3 Å². The second kappa shape index (κ2) is 6.81. The average Bonchev–Trinajstić information content (AvgIpc) is 3.04. The normalized spacial score (nSPS) is 28.5. The standard InChI is InChI=1S/C18H21F3N2O3/c1-10-6-7-15(12-5-3-2-4-11(10)12)22-17(26)23-8-13(16(24)25)14(9-23)18(19,20)21/h2-5,10,13-15H,6-9H2,1H3,(H,22,26)(H,24,25)/t10?,13-,14-,15?/m1/s1. The minimum Gasteiger partial charge on any atom is -0.481 e. The molecule has 1 heterocycles. The third kappa shape index (κ3) is 3.50. The van der Waals surface area contributed by atoms with E-state index in [1.165, 1.54) is 0 Å². The van der Waals surface area contributed by atoms with Gasteiger partial charge in [-0.05, 0) is 29.9 Å². The molecular weight excluding hydrogens is 349 g/mol. The fraction of sp³-hybridized carbons (Fsp3) is 0.556. The molecule has 26 heavy (non-hydrogen) atoms. The molecule has 2 N–H and O–H groups in total. The van der Waals surface area contributed by atoms with Crippen molar-refractivity contribution in [1.29, 1.82) is 0 Å². The molecule has 1 fully saturated rings. The van der Waals surface area contributed by atoms with Gasteiger partial charge in [-0.1, -0.05) is 31.2 Å². The predicted octanol–water partition coefficient (Wildman–Crippen LogP) is 3.53. The van der Waals surface area contributed by atoms with Gasteiger partial charge in [-0.3, -0.25) is 4.79 Å². The van der Waals surface area contributed by atoms with Crippen LogP contribution >= 0.6 is 0 Å². The number of carbonyl (C=O) groups is 2. The van der Waals surface area contributed by atoms with Gasteiger partial charge in [0.2, 0.25) is 0 Å². The fourth-order valence-electron chi connectivity index (χ4n) is 3.95. The Bertz CT molecular complexity index is 707. The molecule has 0 aromatic heterocycles. The van der Waals surface area contributed by atoms with Crippen molar-refractivity contribution < 1.29 is 27.9 Å². The van der Waals surface area contributed by atoms with E-state index in [-0.39, 0.29) is 6.04 Å². The molecule has 8 heteroatoms. The van der Waals surface area contributed by atoms with Crippen LogP contribution in [0, 0.1) is 11.8 Å². The molecule has 1 aromatic carbocycles. The number of carboxylic acids is 1. The topological polar surface area (TPSA) is 69.6 Å². The van der Waals surface area contributed by atoms with Gasteiger partial charge in [-0.2, -0.15) is 13.2 Å². The lowest BCUT2D eigenvalue weighted by Gasteiger charge is -2.31. The molecule has 1 aliphatic heterocycles. The van der Waals surface area contributed by atoms with Crippen LogP contribution in [0.3, 0.4) is 0 Å². The molecule has 1 saturated heterocycles. The number of nitrogens with one attached hydrogen (secondary N) is 1. The van der Waals surface area contributed by atoms with Crippen LogP contribution in [0.25, 0.3) is 0 Å². The predicted molar refractivity (Wildman–Crippen MR) is 87.6 cm³/mol. The number of likely N-dealkylation sites (tertiary alicyclic amines) is 1. The van der Waals surface area contributed by atoms with Crippen molar-refractivity contribution in [2.45, 2.75) is 37.9 Å². The largest absolute Gasteiger partial charge is 0.481 e. The SMILES string of the molecule is CC1CCC(NC(=O)N2C[C@@H](C(F)(F)F)[C@H](C(=O)O)C2)c2ccccc21. The molecule has 2 aliphatic rings. The number of amides is 2. The van der Waals surface area contributed by atoms with E-state index in [0.29, 0.717) is 12.3 Å². The molecule has 0 bridgehead atoms. The van der Waals surface area contributed by atoms with Crippen LogP contribution in [0.1, 0.15) is 42.9 Å². The van der Waals surface area contributed by atoms with Gasteiger partial charge in [0.05, 0.1) is 17.9 Å². The summed E-state index contributed by atoms with van der Waals surface area (Å²) < 4.78 is 39.3. The molecule has 0 spiro atoms. The summed E-state index contributed by atoms with van der Waals surface area (Å²) in [6.07, 6.45) is -3.08. The highest BCUT2D eigenvalue weighted by atomic mass is 19.4. The zero-order valence-corrected chi connectivity index (χ0v) is 14.3. The monoisotopic (exact) mass is 370 g/mol. The number of halogens is 3. The molecule has 2 amide bonds. The first-order valence-corrected chi connectivity index (χ1v) is 8.62. The highest BCUT2D eigenvalue weighted by Gasteiger charge is 2.53. The van der Waals surface area contributed by atoms with Crippen molar-refractivity contribution in [1.82, 2.24) is 10.2 Å². The Hall–Kier alpha value is -2.25. The Morgan fingerprint density at radius 2 is 1.81 bits per heavy atom. The quantitative estimate of drug-likeness (QED) is 0.837. The summed E-state index contributed by atoms with van der Waals surface area (Å²) in [4.78, 5) is 24.6. The summed E-state index contributed by atoms with van der Waals surface area (Å²) in [6.45, 7) is 1.04. The molecule has 5 nitrogen and oxygen atoms in total. The number of aliphatic carboxylic acids is 1. The van der Waals surface area contributed by atoms with Crippen molar-refractivity contribution >= 4 is 12.0 Å². The Kier molecular flexibility index (Phi) is 4.86. The number of benzene rings is 1. The Balaban J connectivity index is 1.73. The van der Waals surface area contributed by atoms with E-state index in [4.69, 9.17) is 5.11 Å². The number of fused-ring (bicyclic) bond motifs is 1. The number of alkyl halides is 3. The van der Waals surface area contributed by atoms with Gasteiger partial charge in [0.15, 0.2) is 0 Å². The Labute approximate surface area is 149 Å². The lowest BCUT2D eigenvalue weighted by atomic mass is 9.81. The summed E-state index contributed by atoms with van der Waals surface area (Å²) in [5.41, 5.74) is 2.10. The average molecular weight is 370 g/mol. The van der Waals surface area contributed by atoms with Gasteiger partial charge in [-0.15, -0.1) is 0 Å². The maximum absolute atomic E-state index is 13.1. The summed E-state index contributed by atoms with van der Waals surface area (Å²) in [7, 11) is 0. The molecular formula is C18H21F3N2O3. The van der Waals surface area contributed by atoms with E-state index in [1.807, 2.05) is 24.3 Å². The van der Waals surface area contributed by atoms with Gasteiger partial charge in [0.25, 0.3) is 0 Å². The molecule has 3 rings (SSSR count). The summed E-state index contributed by atoms with van der Waals surface area (Å²) in [6, 6.07) is 6.78. The van der Waals surface area contributed by atoms with Crippen molar-refractivity contribution in [2.24, 2.45) is 11.8 Å². The lowest BCUT2D eigenvalue weighted by molar-refractivity contribution is -0.187. The first kappa shape index (κ1) is 18.5. The lowest BCUT2D eigenvalue weighted by Crippen LogP contribution is -2.42. The number of carbonyl (C=O) groups excluding carboxylic acids is 1. The summed E-state index contributed by atoms with van der Waals surface area (Å²) in [5.74, 6) is -4.83. The van der Waals surface area contributed by atoms with Crippen LogP contribution in [0.2, 0.25) is 0 Å². The second-order valence-corrected chi connectivity index (χ2v) is 7.11. The Morgan fingerprint density at radius 3 is 2.38 bits per heavy atom. The summed E-state index contributed by atoms with van der Waals surface area (Å²) in [5, 5.41) is 11.9. The van der Waals surface area contributed by atoms with Crippen molar-refractivity contribution in [3.05, 3.63) is 35.4 Å². The maximum atomic E-state index is 13.1. The first-order chi connectivity index (χ1) is 12.2. The van der Waals surface area contributed by atoms with Crippen LogP contribution in [0.5, 0.6) is 0 Å². The zero-order valence-electron chi connectivity index (χ0n) is 14.3. The molecule has 0 radical (unpaired) electrons. The minimum atomic E-state index is -4.65. The van der Waals surface area contributed by atoms with Crippen molar-refractivity contribution in [3.8, 4) is 0 Å². The molecule has 1 aliphatic carbocycles. The number of urea groups is 1.